The van der Waals surface area contributed by atoms with E-state index in [4.69, 9.17) is 22.7 Å². The fraction of sp³-hybridized carbons (Fsp3) is 0.538. The van der Waals surface area contributed by atoms with E-state index in [0.29, 0.717) is 0 Å². The third-order valence-electron chi connectivity index (χ3n) is 2.65. The van der Waals surface area contributed by atoms with Gasteiger partial charge in [0.25, 0.3) is 0 Å². The number of methoxy groups -OCH3 is 2. The van der Waals surface area contributed by atoms with Gasteiger partial charge in [0.2, 0.25) is 0 Å². The Labute approximate surface area is 136 Å². The molecule has 0 aromatic heterocycles. The molecule has 0 radical (unpaired) electrons. The Morgan fingerprint density at radius 3 is 1.87 bits per heavy atom. The maximum atomic E-state index is 12.4. The van der Waals surface area contributed by atoms with Gasteiger partial charge in [0.1, 0.15) is 11.5 Å². The van der Waals surface area contributed by atoms with E-state index in [-0.39, 0.29) is 29.6 Å². The van der Waals surface area contributed by atoms with Crippen molar-refractivity contribution < 1.29 is 35.7 Å². The van der Waals surface area contributed by atoms with Crippen molar-refractivity contribution in [3.63, 3.8) is 0 Å². The molecule has 132 valence electrons. The minimum Gasteiger partial charge on any atom is -0.495 e. The minimum atomic E-state index is -4.30. The fourth-order valence-electron chi connectivity index (χ4n) is 1.76. The summed E-state index contributed by atoms with van der Waals surface area (Å²) < 4.78 is 62.1. The van der Waals surface area contributed by atoms with E-state index < -0.39 is 24.1 Å². The van der Waals surface area contributed by atoms with E-state index in [1.165, 1.54) is 26.4 Å². The molecule has 0 N–H and O–H groups in total. The lowest BCUT2D eigenvalue weighted by molar-refractivity contribution is 0.197. The highest BCUT2D eigenvalue weighted by Crippen LogP contribution is 2.49. The maximum absolute atomic E-state index is 12.4. The first-order valence-corrected chi connectivity index (χ1v) is 9.95. The molecule has 0 atom stereocenters. The first kappa shape index (κ1) is 19.9. The van der Waals surface area contributed by atoms with Gasteiger partial charge in [0.05, 0.1) is 27.4 Å². The van der Waals surface area contributed by atoms with Crippen molar-refractivity contribution in [1.82, 2.24) is 0 Å². The molecule has 0 spiro atoms. The van der Waals surface area contributed by atoms with Crippen molar-refractivity contribution in [3.05, 3.63) is 18.2 Å². The fourth-order valence-corrected chi connectivity index (χ4v) is 4.76. The van der Waals surface area contributed by atoms with E-state index in [9.17, 15) is 13.0 Å². The second-order valence-corrected chi connectivity index (χ2v) is 7.69. The van der Waals surface area contributed by atoms with Gasteiger partial charge in [0.15, 0.2) is 11.2 Å². The molecular formula is C13H21O8PS. The SMILES string of the molecule is CCOP(=O)(COS(=O)(=O)c1c(OC)cccc1OC)OCC. The first-order valence-electron chi connectivity index (χ1n) is 6.82. The molecule has 0 saturated carbocycles. The van der Waals surface area contributed by atoms with Gasteiger partial charge in [0, 0.05) is 0 Å². The van der Waals surface area contributed by atoms with Crippen molar-refractivity contribution in [2.45, 2.75) is 18.7 Å². The average Bonchev–Trinajstić information content (AvgIpc) is 2.53. The lowest BCUT2D eigenvalue weighted by atomic mass is 10.3. The molecule has 0 heterocycles. The topological polar surface area (TPSA) is 97.4 Å². The molecule has 8 nitrogen and oxygen atoms in total. The molecule has 1 aromatic carbocycles. The Morgan fingerprint density at radius 1 is 1.00 bits per heavy atom. The van der Waals surface area contributed by atoms with Crippen LogP contribution in [0.4, 0.5) is 0 Å². The molecule has 0 saturated heterocycles. The smallest absolute Gasteiger partial charge is 0.357 e. The Hall–Kier alpha value is -1.12. The molecule has 0 unspecified atom stereocenters. The van der Waals surface area contributed by atoms with Crippen LogP contribution in [0.15, 0.2) is 23.1 Å². The summed E-state index contributed by atoms with van der Waals surface area (Å²) in [4.78, 5) is -0.287. The van der Waals surface area contributed by atoms with Crippen LogP contribution in [0.5, 0.6) is 11.5 Å². The zero-order valence-corrected chi connectivity index (χ0v) is 15.2. The third kappa shape index (κ3) is 5.19. The zero-order chi connectivity index (χ0) is 17.5. The molecule has 0 aliphatic heterocycles. The van der Waals surface area contributed by atoms with Crippen LogP contribution >= 0.6 is 7.60 Å². The van der Waals surface area contributed by atoms with Gasteiger partial charge in [-0.1, -0.05) is 6.07 Å². The van der Waals surface area contributed by atoms with Crippen LogP contribution in [0.2, 0.25) is 0 Å². The molecule has 0 amide bonds. The number of hydrogen-bond donors (Lipinski definition) is 0. The highest BCUT2D eigenvalue weighted by molar-refractivity contribution is 7.87. The highest BCUT2D eigenvalue weighted by Gasteiger charge is 2.32. The molecule has 0 aliphatic carbocycles. The Morgan fingerprint density at radius 2 is 1.48 bits per heavy atom. The van der Waals surface area contributed by atoms with Gasteiger partial charge in [-0.3, -0.25) is 8.75 Å². The van der Waals surface area contributed by atoms with Crippen LogP contribution in [0, 0.1) is 0 Å². The summed E-state index contributed by atoms with van der Waals surface area (Å²) in [6.45, 7) is 3.42. The molecule has 0 aliphatic rings. The van der Waals surface area contributed by atoms with Crippen LogP contribution in [-0.4, -0.2) is 42.2 Å². The van der Waals surface area contributed by atoms with Crippen LogP contribution in [0.3, 0.4) is 0 Å². The standard InChI is InChI=1S/C13H21O8PS/c1-5-19-22(14,20-6-2)10-21-23(15,16)13-11(17-3)8-7-9-12(13)18-4/h7-9H,5-6,10H2,1-4H3. The average molecular weight is 368 g/mol. The highest BCUT2D eigenvalue weighted by atomic mass is 32.2. The third-order valence-corrected chi connectivity index (χ3v) is 5.90. The summed E-state index contributed by atoms with van der Waals surface area (Å²) in [6.07, 6.45) is -0.738. The quantitative estimate of drug-likeness (QED) is 0.459. The molecule has 0 bridgehead atoms. The van der Waals surface area contributed by atoms with E-state index >= 15 is 0 Å². The minimum absolute atomic E-state index is 0.0482. The molecular weight excluding hydrogens is 347 g/mol. The molecule has 1 rings (SSSR count). The molecule has 10 heteroatoms. The summed E-state index contributed by atoms with van der Waals surface area (Å²) in [6, 6.07) is 4.47. The van der Waals surface area contributed by atoms with Gasteiger partial charge in [-0.15, -0.1) is 0 Å². The predicted octanol–water partition coefficient (Wildman–Crippen LogP) is 2.63. The molecule has 0 fully saturated rings. The predicted molar refractivity (Wildman–Crippen MR) is 83.5 cm³/mol. The number of benzene rings is 1. The Balaban J connectivity index is 3.11. The molecule has 1 aromatic rings. The summed E-state index contributed by atoms with van der Waals surface area (Å²) in [7, 11) is -5.33. The van der Waals surface area contributed by atoms with Crippen LogP contribution < -0.4 is 9.47 Å². The first-order chi connectivity index (χ1) is 10.8. The lowest BCUT2D eigenvalue weighted by Gasteiger charge is -2.18. The second kappa shape index (κ2) is 8.65. The van der Waals surface area contributed by atoms with Crippen molar-refractivity contribution in [1.29, 1.82) is 0 Å². The van der Waals surface area contributed by atoms with Crippen molar-refractivity contribution in [3.8, 4) is 11.5 Å². The van der Waals surface area contributed by atoms with E-state index in [1.807, 2.05) is 0 Å². The van der Waals surface area contributed by atoms with Gasteiger partial charge in [-0.05, 0) is 26.0 Å². The Kier molecular flexibility index (Phi) is 7.50. The normalized spacial score (nSPS) is 12.2. The van der Waals surface area contributed by atoms with Crippen LogP contribution in [-0.2, 0) is 27.9 Å². The summed E-state index contributed by atoms with van der Waals surface area (Å²) in [5, 5.41) is 0. The van der Waals surface area contributed by atoms with Crippen molar-refractivity contribution in [2.24, 2.45) is 0 Å². The number of rotatable bonds is 10. The Bertz CT molecular complexity index is 626. The van der Waals surface area contributed by atoms with Gasteiger partial charge >= 0.3 is 17.7 Å². The zero-order valence-electron chi connectivity index (χ0n) is 13.5. The van der Waals surface area contributed by atoms with Crippen LogP contribution in [0.25, 0.3) is 0 Å². The van der Waals surface area contributed by atoms with Gasteiger partial charge < -0.3 is 18.5 Å². The van der Waals surface area contributed by atoms with Gasteiger partial charge in [-0.2, -0.15) is 8.42 Å². The van der Waals surface area contributed by atoms with Crippen LogP contribution in [0.1, 0.15) is 13.8 Å². The van der Waals surface area contributed by atoms with E-state index in [2.05, 4.69) is 0 Å². The summed E-state index contributed by atoms with van der Waals surface area (Å²) in [5.41, 5.74) is 0. The number of hydrogen-bond acceptors (Lipinski definition) is 8. The van der Waals surface area contributed by atoms with E-state index in [1.54, 1.807) is 19.9 Å². The monoisotopic (exact) mass is 368 g/mol. The maximum Gasteiger partial charge on any atom is 0.357 e. The second-order valence-electron chi connectivity index (χ2n) is 4.14. The van der Waals surface area contributed by atoms with Gasteiger partial charge in [-0.25, -0.2) is 0 Å². The van der Waals surface area contributed by atoms with Crippen molar-refractivity contribution >= 4 is 17.7 Å². The lowest BCUT2D eigenvalue weighted by Crippen LogP contribution is -2.12. The van der Waals surface area contributed by atoms with E-state index in [0.717, 1.165) is 0 Å². The molecule has 23 heavy (non-hydrogen) atoms. The number of ether oxygens (including phenoxy) is 2. The summed E-state index contributed by atoms with van der Waals surface area (Å²) in [5.74, 6) is 0.0963. The largest absolute Gasteiger partial charge is 0.495 e. The summed E-state index contributed by atoms with van der Waals surface area (Å²) >= 11 is 0. The van der Waals surface area contributed by atoms with Crippen molar-refractivity contribution in [2.75, 3.05) is 33.8 Å².